The second-order valence-electron chi connectivity index (χ2n) is 6.96. The van der Waals surface area contributed by atoms with E-state index in [4.69, 9.17) is 0 Å². The van der Waals surface area contributed by atoms with Gasteiger partial charge in [0, 0.05) is 27.7 Å². The zero-order chi connectivity index (χ0) is 21.1. The molecule has 6 heteroatoms. The molecule has 3 amide bonds. The Kier molecular flexibility index (Phi) is 5.77. The molecule has 152 valence electrons. The number of nitrogens with one attached hydrogen (secondary N) is 2. The normalized spacial score (nSPS) is 12.6. The number of hydrogen-bond acceptors (Lipinski definition) is 3. The molecule has 0 unspecified atom stereocenters. The van der Waals surface area contributed by atoms with Crippen molar-refractivity contribution >= 4 is 40.8 Å². The van der Waals surface area contributed by atoms with Crippen molar-refractivity contribution in [3.8, 4) is 0 Å². The topological polar surface area (TPSA) is 61.4 Å². The zero-order valence-electron chi connectivity index (χ0n) is 16.9. The van der Waals surface area contributed by atoms with Crippen LogP contribution >= 0.6 is 11.8 Å². The molecule has 2 N–H and O–H groups in total. The van der Waals surface area contributed by atoms with Gasteiger partial charge in [0.15, 0.2) is 0 Å². The summed E-state index contributed by atoms with van der Waals surface area (Å²) in [6.07, 6.45) is 0.906. The van der Waals surface area contributed by atoms with Crippen molar-refractivity contribution in [1.82, 2.24) is 0 Å². The lowest BCUT2D eigenvalue weighted by Crippen LogP contribution is -2.30. The third-order valence-corrected chi connectivity index (χ3v) is 6.14. The molecule has 1 aliphatic rings. The van der Waals surface area contributed by atoms with Crippen molar-refractivity contribution in [2.24, 2.45) is 0 Å². The highest BCUT2D eigenvalue weighted by Crippen LogP contribution is 2.42. The molecule has 0 atom stereocenters. The van der Waals surface area contributed by atoms with E-state index in [2.05, 4.69) is 17.6 Å². The van der Waals surface area contributed by atoms with Crippen LogP contribution in [0.3, 0.4) is 0 Å². The van der Waals surface area contributed by atoms with E-state index in [0.29, 0.717) is 17.8 Å². The van der Waals surface area contributed by atoms with Gasteiger partial charge in [-0.25, -0.2) is 4.79 Å². The van der Waals surface area contributed by atoms with Gasteiger partial charge in [-0.3, -0.25) is 4.79 Å². The average molecular weight is 418 g/mol. The molecule has 0 aliphatic carbocycles. The van der Waals surface area contributed by atoms with Crippen molar-refractivity contribution in [3.63, 3.8) is 0 Å². The number of carbonyl (C=O) groups excluding carboxylic acids is 2. The Morgan fingerprint density at radius 2 is 1.67 bits per heavy atom. The Hall–Kier alpha value is -3.25. The fourth-order valence-corrected chi connectivity index (χ4v) is 4.53. The van der Waals surface area contributed by atoms with E-state index >= 15 is 0 Å². The Morgan fingerprint density at radius 3 is 2.43 bits per heavy atom. The van der Waals surface area contributed by atoms with Crippen LogP contribution < -0.4 is 15.5 Å². The largest absolute Gasteiger partial charge is 0.323 e. The van der Waals surface area contributed by atoms with E-state index in [0.717, 1.165) is 33.2 Å². The second-order valence-corrected chi connectivity index (χ2v) is 8.05. The lowest BCUT2D eigenvalue weighted by Gasteiger charge is -2.22. The maximum absolute atomic E-state index is 13.1. The van der Waals surface area contributed by atoms with Crippen molar-refractivity contribution in [2.45, 2.75) is 30.1 Å². The summed E-state index contributed by atoms with van der Waals surface area (Å²) < 4.78 is 0. The molecule has 0 saturated heterocycles. The van der Waals surface area contributed by atoms with Crippen LogP contribution in [-0.2, 0) is 6.42 Å². The first kappa shape index (κ1) is 20.0. The molecule has 0 aromatic heterocycles. The van der Waals surface area contributed by atoms with E-state index < -0.39 is 0 Å². The maximum atomic E-state index is 13.1. The predicted molar refractivity (Wildman–Crippen MR) is 123 cm³/mol. The summed E-state index contributed by atoms with van der Waals surface area (Å²) in [6, 6.07) is 20.8. The van der Waals surface area contributed by atoms with Gasteiger partial charge in [0.1, 0.15) is 0 Å². The SMILES string of the molecule is CCc1cccc(NC(=O)Nc2ccc3c(c2)N(CC)C(=O)c2ccccc2S3)c1. The summed E-state index contributed by atoms with van der Waals surface area (Å²) in [5.74, 6) is -0.0302. The van der Waals surface area contributed by atoms with Crippen LogP contribution in [0, 0.1) is 0 Å². The van der Waals surface area contributed by atoms with Gasteiger partial charge in [-0.15, -0.1) is 0 Å². The minimum Gasteiger partial charge on any atom is -0.308 e. The number of fused-ring (bicyclic) bond motifs is 2. The number of hydrogen-bond donors (Lipinski definition) is 2. The summed E-state index contributed by atoms with van der Waals surface area (Å²) in [5, 5.41) is 5.75. The molecular weight excluding hydrogens is 394 g/mol. The molecule has 0 saturated carbocycles. The molecule has 0 radical (unpaired) electrons. The Labute approximate surface area is 180 Å². The van der Waals surface area contributed by atoms with Crippen LogP contribution in [0.25, 0.3) is 0 Å². The number of rotatable bonds is 4. The maximum Gasteiger partial charge on any atom is 0.323 e. The van der Waals surface area contributed by atoms with Gasteiger partial charge >= 0.3 is 6.03 Å². The van der Waals surface area contributed by atoms with Gasteiger partial charge in [-0.2, -0.15) is 0 Å². The number of urea groups is 1. The number of aryl methyl sites for hydroxylation is 1. The van der Waals surface area contributed by atoms with E-state index in [1.54, 1.807) is 16.7 Å². The molecule has 30 heavy (non-hydrogen) atoms. The third kappa shape index (κ3) is 4.04. The number of carbonyl (C=O) groups is 2. The molecule has 3 aromatic carbocycles. The molecule has 1 aliphatic heterocycles. The number of amides is 3. The van der Waals surface area contributed by atoms with Gasteiger partial charge in [0.2, 0.25) is 0 Å². The Bertz CT molecular complexity index is 1110. The fourth-order valence-electron chi connectivity index (χ4n) is 3.47. The molecule has 0 fully saturated rings. The lowest BCUT2D eigenvalue weighted by molar-refractivity contribution is 0.0985. The first-order valence-corrected chi connectivity index (χ1v) is 10.8. The van der Waals surface area contributed by atoms with Gasteiger partial charge in [0.05, 0.1) is 11.3 Å². The Morgan fingerprint density at radius 1 is 0.900 bits per heavy atom. The highest BCUT2D eigenvalue weighted by atomic mass is 32.2. The van der Waals surface area contributed by atoms with E-state index in [-0.39, 0.29) is 11.9 Å². The molecule has 5 nitrogen and oxygen atoms in total. The summed E-state index contributed by atoms with van der Waals surface area (Å²) >= 11 is 1.57. The van der Waals surface area contributed by atoms with Crippen molar-refractivity contribution < 1.29 is 9.59 Å². The predicted octanol–water partition coefficient (Wildman–Crippen LogP) is 6.02. The average Bonchev–Trinajstić information content (AvgIpc) is 2.87. The van der Waals surface area contributed by atoms with Crippen molar-refractivity contribution in [1.29, 1.82) is 0 Å². The molecular formula is C24H23N3O2S. The summed E-state index contributed by atoms with van der Waals surface area (Å²) in [4.78, 5) is 29.3. The van der Waals surface area contributed by atoms with Crippen LogP contribution in [0.2, 0.25) is 0 Å². The minimum absolute atomic E-state index is 0.0302. The summed E-state index contributed by atoms with van der Waals surface area (Å²) in [6.45, 7) is 4.57. The van der Waals surface area contributed by atoms with Gasteiger partial charge in [-0.05, 0) is 61.4 Å². The van der Waals surface area contributed by atoms with Crippen LogP contribution in [0.15, 0.2) is 76.5 Å². The zero-order valence-corrected chi connectivity index (χ0v) is 17.8. The second kappa shape index (κ2) is 8.63. The smallest absolute Gasteiger partial charge is 0.308 e. The lowest BCUT2D eigenvalue weighted by atomic mass is 10.1. The van der Waals surface area contributed by atoms with Crippen LogP contribution in [0.1, 0.15) is 29.8 Å². The summed E-state index contributed by atoms with van der Waals surface area (Å²) in [7, 11) is 0. The van der Waals surface area contributed by atoms with E-state index in [1.165, 1.54) is 0 Å². The minimum atomic E-state index is -0.317. The first-order chi connectivity index (χ1) is 14.6. The number of anilines is 3. The van der Waals surface area contributed by atoms with Crippen molar-refractivity contribution in [2.75, 3.05) is 22.1 Å². The monoisotopic (exact) mass is 417 g/mol. The first-order valence-electron chi connectivity index (χ1n) is 9.98. The number of nitrogens with zero attached hydrogens (tertiary/aromatic N) is 1. The van der Waals surface area contributed by atoms with Crippen LogP contribution in [-0.4, -0.2) is 18.5 Å². The molecule has 1 heterocycles. The molecule has 0 spiro atoms. The fraction of sp³-hybridized carbons (Fsp3) is 0.167. The standard InChI is InChI=1S/C24H23N3O2S/c1-3-16-8-7-9-17(14-16)25-24(29)26-18-12-13-22-20(15-18)27(4-2)23(28)19-10-5-6-11-21(19)30-22/h5-15H,3-4H2,1-2H3,(H2,25,26,29). The highest BCUT2D eigenvalue weighted by molar-refractivity contribution is 7.99. The van der Waals surface area contributed by atoms with Crippen LogP contribution in [0.4, 0.5) is 21.9 Å². The molecule has 0 bridgehead atoms. The molecule has 4 rings (SSSR count). The van der Waals surface area contributed by atoms with Crippen LogP contribution in [0.5, 0.6) is 0 Å². The van der Waals surface area contributed by atoms with Gasteiger partial charge in [-0.1, -0.05) is 43.0 Å². The van der Waals surface area contributed by atoms with E-state index in [1.807, 2.05) is 73.7 Å². The van der Waals surface area contributed by atoms with Gasteiger partial charge in [0.25, 0.3) is 5.91 Å². The number of benzene rings is 3. The molecule has 3 aromatic rings. The third-order valence-electron chi connectivity index (χ3n) is 5.00. The quantitative estimate of drug-likeness (QED) is 0.545. The highest BCUT2D eigenvalue weighted by Gasteiger charge is 2.26. The van der Waals surface area contributed by atoms with E-state index in [9.17, 15) is 9.59 Å². The summed E-state index contributed by atoms with van der Waals surface area (Å²) in [5.41, 5.74) is 4.04. The van der Waals surface area contributed by atoms with Gasteiger partial charge < -0.3 is 15.5 Å². The van der Waals surface area contributed by atoms with Crippen molar-refractivity contribution in [3.05, 3.63) is 77.9 Å². The Balaban J connectivity index is 1.58.